The fourth-order valence-electron chi connectivity index (χ4n) is 4.78. The molecular weight excluding hydrogens is 210 g/mol. The lowest BCUT2D eigenvalue weighted by atomic mass is 9.52. The van der Waals surface area contributed by atoms with E-state index in [-0.39, 0.29) is 0 Å². The Morgan fingerprint density at radius 2 is 1.71 bits per heavy atom. The largest absolute Gasteiger partial charge is 0.370 e. The molecular formula is C14H25N3. The maximum absolute atomic E-state index is 5.83. The van der Waals surface area contributed by atoms with Crippen LogP contribution in [-0.2, 0) is 0 Å². The lowest BCUT2D eigenvalue weighted by molar-refractivity contribution is -0.0320. The molecule has 0 aliphatic heterocycles. The van der Waals surface area contributed by atoms with Gasteiger partial charge in [0.15, 0.2) is 5.96 Å². The number of nitrogens with two attached hydrogens (primary N) is 1. The van der Waals surface area contributed by atoms with Crippen LogP contribution >= 0.6 is 0 Å². The third-order valence-electron chi connectivity index (χ3n) is 5.25. The molecule has 3 heteroatoms. The molecule has 17 heavy (non-hydrogen) atoms. The number of nitrogens with one attached hydrogen (secondary N) is 1. The number of nitrogens with zero attached hydrogens (tertiary/aromatic N) is 1. The second-order valence-corrected chi connectivity index (χ2v) is 6.35. The highest BCUT2D eigenvalue weighted by molar-refractivity contribution is 5.77. The molecule has 4 fully saturated rings. The first-order valence-electron chi connectivity index (χ1n) is 7.30. The Morgan fingerprint density at radius 3 is 2.24 bits per heavy atom. The van der Waals surface area contributed by atoms with Gasteiger partial charge in [-0.05, 0) is 68.6 Å². The number of hydrogen-bond acceptors (Lipinski definition) is 1. The van der Waals surface area contributed by atoms with Gasteiger partial charge in [-0.3, -0.25) is 4.99 Å². The van der Waals surface area contributed by atoms with Crippen LogP contribution in [0.15, 0.2) is 4.99 Å². The van der Waals surface area contributed by atoms with Gasteiger partial charge in [-0.1, -0.05) is 0 Å². The van der Waals surface area contributed by atoms with Crippen LogP contribution in [0.4, 0.5) is 0 Å². The van der Waals surface area contributed by atoms with Crippen molar-refractivity contribution in [2.24, 2.45) is 40.3 Å². The maximum atomic E-state index is 5.83. The Morgan fingerprint density at radius 1 is 1.12 bits per heavy atom. The Hall–Kier alpha value is -0.730. The number of aliphatic imine (C=N–C) groups is 1. The van der Waals surface area contributed by atoms with Gasteiger partial charge >= 0.3 is 0 Å². The summed E-state index contributed by atoms with van der Waals surface area (Å²) >= 11 is 0. The summed E-state index contributed by atoms with van der Waals surface area (Å²) in [6.07, 6.45) is 7.45. The second kappa shape index (κ2) is 4.51. The van der Waals surface area contributed by atoms with Crippen molar-refractivity contribution in [1.82, 2.24) is 5.32 Å². The number of guanidine groups is 1. The van der Waals surface area contributed by atoms with Gasteiger partial charge in [0.2, 0.25) is 0 Å². The van der Waals surface area contributed by atoms with Gasteiger partial charge in [0.1, 0.15) is 0 Å². The topological polar surface area (TPSA) is 50.4 Å². The predicted molar refractivity (Wildman–Crippen MR) is 70.7 cm³/mol. The van der Waals surface area contributed by atoms with E-state index in [0.29, 0.717) is 5.96 Å². The predicted octanol–water partition coefficient (Wildman–Crippen LogP) is 1.98. The fraction of sp³-hybridized carbons (Fsp3) is 0.929. The monoisotopic (exact) mass is 235 g/mol. The first-order valence-corrected chi connectivity index (χ1v) is 7.30. The summed E-state index contributed by atoms with van der Waals surface area (Å²) in [4.78, 5) is 4.54. The van der Waals surface area contributed by atoms with Gasteiger partial charge in [-0.15, -0.1) is 0 Å². The molecule has 0 aromatic heterocycles. The van der Waals surface area contributed by atoms with Crippen LogP contribution < -0.4 is 11.1 Å². The van der Waals surface area contributed by atoms with E-state index in [0.717, 1.165) is 42.7 Å². The van der Waals surface area contributed by atoms with E-state index in [9.17, 15) is 0 Å². The summed E-state index contributed by atoms with van der Waals surface area (Å²) < 4.78 is 0. The molecule has 0 heterocycles. The van der Waals surface area contributed by atoms with E-state index in [1.165, 1.54) is 32.1 Å². The van der Waals surface area contributed by atoms with Crippen LogP contribution in [0.2, 0.25) is 0 Å². The molecule has 4 aliphatic carbocycles. The Balaban J connectivity index is 1.62. The molecule has 0 spiro atoms. The van der Waals surface area contributed by atoms with Crippen LogP contribution in [0, 0.1) is 29.6 Å². The summed E-state index contributed by atoms with van der Waals surface area (Å²) in [5, 5.41) is 3.10. The first kappa shape index (κ1) is 11.4. The minimum atomic E-state index is 0.640. The third kappa shape index (κ3) is 2.16. The summed E-state index contributed by atoms with van der Waals surface area (Å²) in [6.45, 7) is 3.90. The van der Waals surface area contributed by atoms with Crippen molar-refractivity contribution in [3.63, 3.8) is 0 Å². The SMILES string of the molecule is CCNC(N)=NCC1C2CC3CC(C2)CC1C3. The highest BCUT2D eigenvalue weighted by Gasteiger charge is 2.47. The van der Waals surface area contributed by atoms with Crippen molar-refractivity contribution in [3.05, 3.63) is 0 Å². The molecule has 0 atom stereocenters. The smallest absolute Gasteiger partial charge is 0.188 e. The second-order valence-electron chi connectivity index (χ2n) is 6.35. The van der Waals surface area contributed by atoms with E-state index in [4.69, 9.17) is 5.73 Å². The van der Waals surface area contributed by atoms with Crippen LogP contribution in [0.25, 0.3) is 0 Å². The van der Waals surface area contributed by atoms with Gasteiger partial charge in [0.05, 0.1) is 0 Å². The zero-order valence-electron chi connectivity index (χ0n) is 10.9. The highest BCUT2D eigenvalue weighted by Crippen LogP contribution is 2.56. The molecule has 3 nitrogen and oxygen atoms in total. The van der Waals surface area contributed by atoms with Crippen LogP contribution in [0.1, 0.15) is 39.0 Å². The van der Waals surface area contributed by atoms with Crippen LogP contribution in [0.5, 0.6) is 0 Å². The normalized spacial score (nSPS) is 44.1. The lowest BCUT2D eigenvalue weighted by Gasteiger charge is -2.54. The molecule has 0 radical (unpaired) electrons. The highest BCUT2D eigenvalue weighted by atomic mass is 15.1. The van der Waals surface area contributed by atoms with Gasteiger partial charge in [0.25, 0.3) is 0 Å². The maximum Gasteiger partial charge on any atom is 0.188 e. The number of rotatable bonds is 3. The van der Waals surface area contributed by atoms with Gasteiger partial charge in [-0.2, -0.15) is 0 Å². The minimum Gasteiger partial charge on any atom is -0.370 e. The van der Waals surface area contributed by atoms with Crippen molar-refractivity contribution in [2.75, 3.05) is 13.1 Å². The molecule has 0 unspecified atom stereocenters. The zero-order chi connectivity index (χ0) is 11.8. The molecule has 4 rings (SSSR count). The van der Waals surface area contributed by atoms with Crippen molar-refractivity contribution in [3.8, 4) is 0 Å². The zero-order valence-corrected chi connectivity index (χ0v) is 10.9. The lowest BCUT2D eigenvalue weighted by Crippen LogP contribution is -2.46. The van der Waals surface area contributed by atoms with Gasteiger partial charge in [-0.25, -0.2) is 0 Å². The molecule has 96 valence electrons. The molecule has 0 aromatic carbocycles. The Bertz CT molecular complexity index is 283. The standard InChI is InChI=1S/C14H25N3/c1-2-16-14(15)17-8-13-11-4-9-3-10(6-11)7-12(13)5-9/h9-13H,2-8H2,1H3,(H3,15,16,17). The molecule has 0 saturated heterocycles. The molecule has 0 amide bonds. The molecule has 0 aromatic rings. The fourth-order valence-corrected chi connectivity index (χ4v) is 4.78. The summed E-state index contributed by atoms with van der Waals surface area (Å²) in [6, 6.07) is 0. The Kier molecular flexibility index (Phi) is 3.01. The summed E-state index contributed by atoms with van der Waals surface area (Å²) in [7, 11) is 0. The van der Waals surface area contributed by atoms with Gasteiger partial charge < -0.3 is 11.1 Å². The van der Waals surface area contributed by atoms with E-state index in [2.05, 4.69) is 17.2 Å². The number of hydrogen-bond donors (Lipinski definition) is 2. The van der Waals surface area contributed by atoms with E-state index < -0.39 is 0 Å². The van der Waals surface area contributed by atoms with Gasteiger partial charge in [0, 0.05) is 13.1 Å². The van der Waals surface area contributed by atoms with Crippen molar-refractivity contribution >= 4 is 5.96 Å². The van der Waals surface area contributed by atoms with Crippen molar-refractivity contribution < 1.29 is 0 Å². The molecule has 4 bridgehead atoms. The summed E-state index contributed by atoms with van der Waals surface area (Å²) in [5.41, 5.74) is 5.83. The quantitative estimate of drug-likeness (QED) is 0.580. The summed E-state index contributed by atoms with van der Waals surface area (Å²) in [5.74, 6) is 5.52. The van der Waals surface area contributed by atoms with Crippen LogP contribution in [0.3, 0.4) is 0 Å². The average Bonchev–Trinajstić information content (AvgIpc) is 2.27. The third-order valence-corrected chi connectivity index (χ3v) is 5.25. The average molecular weight is 235 g/mol. The first-order chi connectivity index (χ1) is 8.26. The Labute approximate surface area is 104 Å². The van der Waals surface area contributed by atoms with E-state index >= 15 is 0 Å². The minimum absolute atomic E-state index is 0.640. The van der Waals surface area contributed by atoms with E-state index in [1.54, 1.807) is 0 Å². The molecule has 3 N–H and O–H groups in total. The van der Waals surface area contributed by atoms with Crippen molar-refractivity contribution in [2.45, 2.75) is 39.0 Å². The van der Waals surface area contributed by atoms with Crippen molar-refractivity contribution in [1.29, 1.82) is 0 Å². The molecule has 4 aliphatic rings. The van der Waals surface area contributed by atoms with E-state index in [1.807, 2.05) is 0 Å². The molecule has 4 saturated carbocycles. The van der Waals surface area contributed by atoms with Crippen LogP contribution in [-0.4, -0.2) is 19.0 Å².